The molecule has 2 aliphatic rings. The van der Waals surface area contributed by atoms with Crippen molar-refractivity contribution < 1.29 is 24.1 Å². The molecule has 0 bridgehead atoms. The molecular weight excluding hydrogens is 350 g/mol. The van der Waals surface area contributed by atoms with Crippen LogP contribution < -0.4 is 15.0 Å². The Bertz CT molecular complexity index is 858. The van der Waals surface area contributed by atoms with Crippen LogP contribution >= 0.6 is 0 Å². The molecule has 27 heavy (non-hydrogen) atoms. The molecule has 1 aromatic carbocycles. The summed E-state index contributed by atoms with van der Waals surface area (Å²) in [7, 11) is 3.07. The van der Waals surface area contributed by atoms with Crippen LogP contribution in [0.2, 0.25) is 0 Å². The standard InChI is InChI=1S/C16H17NO4.C4H8O2/c1-9-13(20-2)8-15(19)17-5-4-10-6-12(18)14(21-3)7-11(10)16(9)17;1-2-6-4-3-5-1/h6-8,18H,4-5H2,1-3H3;1-4H2. The summed E-state index contributed by atoms with van der Waals surface area (Å²) >= 11 is 0. The maximum atomic E-state index is 12.2. The number of pyridine rings is 1. The summed E-state index contributed by atoms with van der Waals surface area (Å²) in [5.74, 6) is 1.09. The monoisotopic (exact) mass is 375 g/mol. The van der Waals surface area contributed by atoms with Gasteiger partial charge in [0.2, 0.25) is 0 Å². The van der Waals surface area contributed by atoms with Crippen molar-refractivity contribution in [3.63, 3.8) is 0 Å². The normalized spacial score (nSPS) is 15.1. The minimum Gasteiger partial charge on any atom is -0.504 e. The van der Waals surface area contributed by atoms with Crippen LogP contribution in [0, 0.1) is 6.92 Å². The number of aromatic hydroxyl groups is 1. The molecule has 2 aliphatic heterocycles. The van der Waals surface area contributed by atoms with Gasteiger partial charge in [-0.2, -0.15) is 0 Å². The molecule has 0 radical (unpaired) electrons. The Morgan fingerprint density at radius 2 is 1.63 bits per heavy atom. The molecule has 146 valence electrons. The van der Waals surface area contributed by atoms with Crippen molar-refractivity contribution in [1.29, 1.82) is 0 Å². The zero-order chi connectivity index (χ0) is 19.4. The van der Waals surface area contributed by atoms with Crippen molar-refractivity contribution in [2.45, 2.75) is 19.9 Å². The fraction of sp³-hybridized carbons (Fsp3) is 0.450. The van der Waals surface area contributed by atoms with E-state index in [-0.39, 0.29) is 11.3 Å². The fourth-order valence-corrected chi connectivity index (χ4v) is 3.38. The molecule has 7 nitrogen and oxygen atoms in total. The summed E-state index contributed by atoms with van der Waals surface area (Å²) in [5, 5.41) is 9.92. The summed E-state index contributed by atoms with van der Waals surface area (Å²) in [6, 6.07) is 5.00. The molecule has 0 atom stereocenters. The van der Waals surface area contributed by atoms with Crippen molar-refractivity contribution in [2.24, 2.45) is 0 Å². The number of methoxy groups -OCH3 is 2. The van der Waals surface area contributed by atoms with E-state index in [0.29, 0.717) is 24.5 Å². The zero-order valence-electron chi connectivity index (χ0n) is 15.9. The second-order valence-corrected chi connectivity index (χ2v) is 6.33. The van der Waals surface area contributed by atoms with Crippen molar-refractivity contribution in [1.82, 2.24) is 4.57 Å². The molecule has 0 aliphatic carbocycles. The highest BCUT2D eigenvalue weighted by atomic mass is 16.6. The van der Waals surface area contributed by atoms with Gasteiger partial charge in [0, 0.05) is 23.7 Å². The number of aryl methyl sites for hydroxylation is 1. The molecule has 0 saturated carbocycles. The third kappa shape index (κ3) is 3.94. The molecule has 2 aromatic rings. The number of phenols is 1. The van der Waals surface area contributed by atoms with Crippen molar-refractivity contribution in [2.75, 3.05) is 40.6 Å². The summed E-state index contributed by atoms with van der Waals surface area (Å²) in [6.45, 7) is 5.64. The number of phenolic OH excluding ortho intramolecular Hbond substituents is 1. The minimum atomic E-state index is -0.0786. The van der Waals surface area contributed by atoms with E-state index in [2.05, 4.69) is 0 Å². The first-order valence-corrected chi connectivity index (χ1v) is 8.91. The summed E-state index contributed by atoms with van der Waals surface area (Å²) in [5.41, 5.74) is 3.57. The molecule has 1 fully saturated rings. The van der Waals surface area contributed by atoms with Crippen molar-refractivity contribution in [3.8, 4) is 28.5 Å². The predicted molar refractivity (Wildman–Crippen MR) is 101 cm³/mol. The lowest BCUT2D eigenvalue weighted by Gasteiger charge is -2.25. The van der Waals surface area contributed by atoms with Gasteiger partial charge in [0.15, 0.2) is 11.5 Å². The van der Waals surface area contributed by atoms with Crippen LogP contribution in [0.25, 0.3) is 11.3 Å². The smallest absolute Gasteiger partial charge is 0.254 e. The van der Waals surface area contributed by atoms with Crippen LogP contribution in [0.15, 0.2) is 23.0 Å². The van der Waals surface area contributed by atoms with E-state index >= 15 is 0 Å². The largest absolute Gasteiger partial charge is 0.504 e. The number of rotatable bonds is 2. The average molecular weight is 375 g/mol. The van der Waals surface area contributed by atoms with Gasteiger partial charge in [0.05, 0.1) is 46.3 Å². The lowest BCUT2D eigenvalue weighted by molar-refractivity contribution is -0.0334. The number of aromatic nitrogens is 1. The van der Waals surface area contributed by atoms with Gasteiger partial charge in [-0.25, -0.2) is 0 Å². The Balaban J connectivity index is 0.000000299. The van der Waals surface area contributed by atoms with Crippen LogP contribution in [-0.2, 0) is 22.4 Å². The molecule has 1 N–H and O–H groups in total. The Morgan fingerprint density at radius 3 is 2.19 bits per heavy atom. The van der Waals surface area contributed by atoms with E-state index < -0.39 is 0 Å². The quantitative estimate of drug-likeness (QED) is 0.866. The van der Waals surface area contributed by atoms with Crippen LogP contribution in [0.5, 0.6) is 17.2 Å². The van der Waals surface area contributed by atoms with Gasteiger partial charge in [-0.3, -0.25) is 4.79 Å². The predicted octanol–water partition coefficient (Wildman–Crippen LogP) is 2.14. The van der Waals surface area contributed by atoms with Gasteiger partial charge in [0.25, 0.3) is 5.56 Å². The topological polar surface area (TPSA) is 79.2 Å². The SMILES string of the molecule is C1COCCO1.COc1cc2c(cc1O)CCn1c-2c(C)c(OC)cc1=O. The van der Waals surface area contributed by atoms with E-state index in [0.717, 1.165) is 48.8 Å². The average Bonchev–Trinajstić information content (AvgIpc) is 2.71. The summed E-state index contributed by atoms with van der Waals surface area (Å²) in [6.07, 6.45) is 0.700. The van der Waals surface area contributed by atoms with Crippen LogP contribution in [-0.4, -0.2) is 50.3 Å². The first kappa shape index (κ1) is 19.3. The van der Waals surface area contributed by atoms with Gasteiger partial charge in [-0.1, -0.05) is 0 Å². The first-order valence-electron chi connectivity index (χ1n) is 8.91. The highest BCUT2D eigenvalue weighted by molar-refractivity contribution is 5.74. The zero-order valence-corrected chi connectivity index (χ0v) is 15.9. The Labute approximate surface area is 158 Å². The maximum absolute atomic E-state index is 12.2. The molecule has 0 unspecified atom stereocenters. The second kappa shape index (κ2) is 8.45. The molecule has 0 spiro atoms. The van der Waals surface area contributed by atoms with E-state index in [4.69, 9.17) is 18.9 Å². The maximum Gasteiger partial charge on any atom is 0.254 e. The number of hydrogen-bond acceptors (Lipinski definition) is 6. The molecule has 0 amide bonds. The van der Waals surface area contributed by atoms with Gasteiger partial charge < -0.3 is 28.6 Å². The van der Waals surface area contributed by atoms with Gasteiger partial charge in [0.1, 0.15) is 5.75 Å². The molecule has 4 rings (SSSR count). The van der Waals surface area contributed by atoms with Crippen LogP contribution in [0.1, 0.15) is 11.1 Å². The molecular formula is C20H25NO6. The van der Waals surface area contributed by atoms with Crippen LogP contribution in [0.4, 0.5) is 0 Å². The van der Waals surface area contributed by atoms with Gasteiger partial charge >= 0.3 is 0 Å². The van der Waals surface area contributed by atoms with Crippen molar-refractivity contribution >= 4 is 0 Å². The van der Waals surface area contributed by atoms with Gasteiger partial charge in [-0.15, -0.1) is 0 Å². The van der Waals surface area contributed by atoms with Crippen LogP contribution in [0.3, 0.4) is 0 Å². The van der Waals surface area contributed by atoms with Gasteiger partial charge in [-0.05, 0) is 31.0 Å². The highest BCUT2D eigenvalue weighted by Gasteiger charge is 2.23. The van der Waals surface area contributed by atoms with E-state index in [9.17, 15) is 9.90 Å². The summed E-state index contributed by atoms with van der Waals surface area (Å²) in [4.78, 5) is 12.2. The van der Waals surface area contributed by atoms with Crippen molar-refractivity contribution in [3.05, 3.63) is 39.7 Å². The molecule has 7 heteroatoms. The van der Waals surface area contributed by atoms with E-state index in [1.807, 2.05) is 6.92 Å². The summed E-state index contributed by atoms with van der Waals surface area (Å²) < 4.78 is 22.1. The minimum absolute atomic E-state index is 0.0786. The third-order valence-corrected chi connectivity index (χ3v) is 4.74. The fourth-order valence-electron chi connectivity index (χ4n) is 3.38. The highest BCUT2D eigenvalue weighted by Crippen LogP contribution is 2.40. The Hall–Kier alpha value is -2.51. The van der Waals surface area contributed by atoms with E-state index in [1.165, 1.54) is 13.2 Å². The number of hydrogen-bond donors (Lipinski definition) is 1. The number of fused-ring (bicyclic) bond motifs is 3. The Kier molecular flexibility index (Phi) is 6.03. The number of nitrogens with zero attached hydrogens (tertiary/aromatic N) is 1. The molecule has 1 aromatic heterocycles. The lowest BCUT2D eigenvalue weighted by Crippen LogP contribution is -2.26. The number of ether oxygens (including phenoxy) is 4. The third-order valence-electron chi connectivity index (χ3n) is 4.74. The second-order valence-electron chi connectivity index (χ2n) is 6.33. The Morgan fingerprint density at radius 1 is 1.00 bits per heavy atom. The lowest BCUT2D eigenvalue weighted by atomic mass is 9.94. The molecule has 3 heterocycles. The molecule has 1 saturated heterocycles. The first-order chi connectivity index (χ1) is 13.1. The number of benzene rings is 1. The van der Waals surface area contributed by atoms with E-state index in [1.54, 1.807) is 23.8 Å².